The number of amides is 4. The summed E-state index contributed by atoms with van der Waals surface area (Å²) in [5, 5.41) is 3.37. The van der Waals surface area contributed by atoms with Crippen molar-refractivity contribution < 1.29 is 14.4 Å². The molecule has 1 saturated heterocycles. The van der Waals surface area contributed by atoms with Gasteiger partial charge in [-0.05, 0) is 24.5 Å². The molecule has 136 valence electrons. The number of urea groups is 1. The third-order valence-corrected chi connectivity index (χ3v) is 4.46. The van der Waals surface area contributed by atoms with Gasteiger partial charge in [0.25, 0.3) is 0 Å². The highest BCUT2D eigenvalue weighted by Crippen LogP contribution is 2.18. The minimum atomic E-state index is -1.03. The molecule has 2 aromatic rings. The fourth-order valence-electron chi connectivity index (χ4n) is 2.99. The molecule has 1 aliphatic rings. The van der Waals surface area contributed by atoms with E-state index in [0.29, 0.717) is 25.9 Å². The molecule has 0 saturated carbocycles. The van der Waals surface area contributed by atoms with E-state index < -0.39 is 23.8 Å². The zero-order valence-corrected chi connectivity index (χ0v) is 14.7. The maximum absolute atomic E-state index is 12.4. The molecule has 1 aromatic carbocycles. The van der Waals surface area contributed by atoms with Crippen molar-refractivity contribution in [2.45, 2.75) is 26.2 Å². The Kier molecular flexibility index (Phi) is 5.46. The van der Waals surface area contributed by atoms with Gasteiger partial charge in [-0.3, -0.25) is 24.8 Å². The van der Waals surface area contributed by atoms with E-state index in [2.05, 4.69) is 15.3 Å². The van der Waals surface area contributed by atoms with Gasteiger partial charge in [0.15, 0.2) is 5.92 Å². The Balaban J connectivity index is 1.62. The third-order valence-electron chi connectivity index (χ3n) is 4.46. The van der Waals surface area contributed by atoms with Crippen LogP contribution in [-0.2, 0) is 16.0 Å². The van der Waals surface area contributed by atoms with E-state index in [4.69, 9.17) is 0 Å². The molecule has 2 N–H and O–H groups in total. The number of aromatic nitrogens is 1. The second-order valence-electron chi connectivity index (χ2n) is 6.28. The van der Waals surface area contributed by atoms with Crippen molar-refractivity contribution in [1.82, 2.24) is 15.2 Å². The lowest BCUT2D eigenvalue weighted by atomic mass is 10.1. The number of imide groups is 2. The molecule has 1 aromatic heterocycles. The molecule has 0 spiro atoms. The van der Waals surface area contributed by atoms with Gasteiger partial charge in [0.05, 0.1) is 0 Å². The molecule has 1 aliphatic heterocycles. The topological polar surface area (TPSA) is 94.6 Å². The number of rotatable bonds is 7. The minimum Gasteiger partial charge on any atom is -0.361 e. The maximum Gasteiger partial charge on any atom is 0.330 e. The number of para-hydroxylation sites is 1. The summed E-state index contributed by atoms with van der Waals surface area (Å²) in [5.41, 5.74) is 2.20. The van der Waals surface area contributed by atoms with Crippen molar-refractivity contribution in [2.24, 2.45) is 10.9 Å². The zero-order chi connectivity index (χ0) is 18.5. The summed E-state index contributed by atoms with van der Waals surface area (Å²) in [5.74, 6) is -2.14. The van der Waals surface area contributed by atoms with Gasteiger partial charge in [0, 0.05) is 36.4 Å². The SMILES string of the molecule is CCCCN1C(=O)NC(=O)[C@@H](C=NCCc2c[nH]c3ccccc23)C1=O. The van der Waals surface area contributed by atoms with Gasteiger partial charge in [-0.15, -0.1) is 0 Å². The van der Waals surface area contributed by atoms with Gasteiger partial charge in [-0.1, -0.05) is 31.5 Å². The zero-order valence-electron chi connectivity index (χ0n) is 14.7. The highest BCUT2D eigenvalue weighted by Gasteiger charge is 2.38. The second-order valence-corrected chi connectivity index (χ2v) is 6.28. The van der Waals surface area contributed by atoms with Gasteiger partial charge in [-0.25, -0.2) is 4.79 Å². The number of carbonyl (C=O) groups is 3. The number of benzene rings is 1. The average Bonchev–Trinajstić information content (AvgIpc) is 3.04. The molecule has 0 radical (unpaired) electrons. The fraction of sp³-hybridized carbons (Fsp3) is 0.368. The van der Waals surface area contributed by atoms with Crippen LogP contribution < -0.4 is 5.32 Å². The minimum absolute atomic E-state index is 0.314. The van der Waals surface area contributed by atoms with Crippen LogP contribution in [0, 0.1) is 5.92 Å². The molecule has 0 unspecified atom stereocenters. The van der Waals surface area contributed by atoms with Crippen LogP contribution in [0.5, 0.6) is 0 Å². The smallest absolute Gasteiger partial charge is 0.330 e. The van der Waals surface area contributed by atoms with Gasteiger partial charge < -0.3 is 4.98 Å². The normalized spacial score (nSPS) is 18.1. The molecular weight excluding hydrogens is 332 g/mol. The Bertz CT molecular complexity index is 855. The first-order chi connectivity index (χ1) is 12.6. The van der Waals surface area contributed by atoms with E-state index in [1.807, 2.05) is 37.4 Å². The number of nitrogens with zero attached hydrogens (tertiary/aromatic N) is 2. The van der Waals surface area contributed by atoms with E-state index in [9.17, 15) is 14.4 Å². The van der Waals surface area contributed by atoms with E-state index >= 15 is 0 Å². The first-order valence-corrected chi connectivity index (χ1v) is 8.83. The molecule has 0 bridgehead atoms. The molecule has 0 aliphatic carbocycles. The number of fused-ring (bicyclic) bond motifs is 1. The van der Waals surface area contributed by atoms with Crippen LogP contribution in [0.4, 0.5) is 4.79 Å². The Morgan fingerprint density at radius 3 is 2.85 bits per heavy atom. The maximum atomic E-state index is 12.4. The van der Waals surface area contributed by atoms with E-state index in [1.165, 1.54) is 6.21 Å². The van der Waals surface area contributed by atoms with Crippen molar-refractivity contribution in [1.29, 1.82) is 0 Å². The van der Waals surface area contributed by atoms with Gasteiger partial charge in [-0.2, -0.15) is 0 Å². The molecule has 1 atom stereocenters. The predicted octanol–water partition coefficient (Wildman–Crippen LogP) is 2.28. The van der Waals surface area contributed by atoms with Crippen LogP contribution in [0.2, 0.25) is 0 Å². The number of hydrogen-bond donors (Lipinski definition) is 2. The molecule has 7 heteroatoms. The molecule has 1 fully saturated rings. The summed E-state index contributed by atoms with van der Waals surface area (Å²) in [4.78, 5) is 44.7. The third kappa shape index (κ3) is 3.66. The first-order valence-electron chi connectivity index (χ1n) is 8.83. The lowest BCUT2D eigenvalue weighted by Gasteiger charge is -2.28. The number of hydrogen-bond acceptors (Lipinski definition) is 4. The fourth-order valence-corrected chi connectivity index (χ4v) is 2.99. The highest BCUT2D eigenvalue weighted by molar-refractivity contribution is 6.23. The number of unbranched alkanes of at least 4 members (excludes halogenated alkanes) is 1. The van der Waals surface area contributed by atoms with Crippen LogP contribution in [0.3, 0.4) is 0 Å². The van der Waals surface area contributed by atoms with Crippen molar-refractivity contribution >= 4 is 35.0 Å². The Labute approximate surface area is 151 Å². The Morgan fingerprint density at radius 1 is 1.23 bits per heavy atom. The van der Waals surface area contributed by atoms with Crippen molar-refractivity contribution in [3.63, 3.8) is 0 Å². The number of nitrogens with one attached hydrogen (secondary N) is 2. The van der Waals surface area contributed by atoms with E-state index in [1.54, 1.807) is 0 Å². The number of aliphatic imine (C=N–C) groups is 1. The molecule has 2 heterocycles. The predicted molar refractivity (Wildman–Crippen MR) is 99.0 cm³/mol. The van der Waals surface area contributed by atoms with Crippen LogP contribution >= 0.6 is 0 Å². The Hall–Kier alpha value is -2.96. The molecular formula is C19H22N4O3. The van der Waals surface area contributed by atoms with Crippen LogP contribution in [0.25, 0.3) is 10.9 Å². The highest BCUT2D eigenvalue weighted by atomic mass is 16.2. The van der Waals surface area contributed by atoms with E-state index in [0.717, 1.165) is 27.8 Å². The van der Waals surface area contributed by atoms with Crippen LogP contribution in [0.1, 0.15) is 25.3 Å². The summed E-state index contributed by atoms with van der Waals surface area (Å²) in [6, 6.07) is 7.36. The van der Waals surface area contributed by atoms with Crippen LogP contribution in [0.15, 0.2) is 35.5 Å². The average molecular weight is 354 g/mol. The summed E-state index contributed by atoms with van der Waals surface area (Å²) in [6.45, 7) is 2.75. The molecule has 4 amide bonds. The second kappa shape index (κ2) is 7.95. The monoisotopic (exact) mass is 354 g/mol. The van der Waals surface area contributed by atoms with Crippen molar-refractivity contribution in [2.75, 3.05) is 13.1 Å². The van der Waals surface area contributed by atoms with Gasteiger partial charge >= 0.3 is 6.03 Å². The van der Waals surface area contributed by atoms with Crippen molar-refractivity contribution in [3.8, 4) is 0 Å². The number of carbonyl (C=O) groups excluding carboxylic acids is 3. The quantitative estimate of drug-likeness (QED) is 0.590. The van der Waals surface area contributed by atoms with Gasteiger partial charge in [0.1, 0.15) is 0 Å². The summed E-state index contributed by atoms with van der Waals surface area (Å²) < 4.78 is 0. The summed E-state index contributed by atoms with van der Waals surface area (Å²) in [6.07, 6.45) is 5.56. The largest absolute Gasteiger partial charge is 0.361 e. The Morgan fingerprint density at radius 2 is 2.04 bits per heavy atom. The number of aromatic amines is 1. The molecule has 26 heavy (non-hydrogen) atoms. The van der Waals surface area contributed by atoms with E-state index in [-0.39, 0.29) is 0 Å². The van der Waals surface area contributed by atoms with Gasteiger partial charge in [0.2, 0.25) is 11.8 Å². The molecule has 3 rings (SSSR count). The number of H-pyrrole nitrogens is 1. The lowest BCUT2D eigenvalue weighted by Crippen LogP contribution is -2.58. The van der Waals surface area contributed by atoms with Crippen molar-refractivity contribution in [3.05, 3.63) is 36.0 Å². The first kappa shape index (κ1) is 17.8. The summed E-state index contributed by atoms with van der Waals surface area (Å²) in [7, 11) is 0. The number of barbiturate groups is 1. The molecule has 7 nitrogen and oxygen atoms in total. The summed E-state index contributed by atoms with van der Waals surface area (Å²) >= 11 is 0. The lowest BCUT2D eigenvalue weighted by molar-refractivity contribution is -0.139. The van der Waals surface area contributed by atoms with Crippen LogP contribution in [-0.4, -0.2) is 47.0 Å². The standard InChI is InChI=1S/C19H22N4O3/c1-2-3-10-23-18(25)15(17(24)22-19(23)26)12-20-9-8-13-11-21-16-7-5-4-6-14(13)16/h4-7,11-12,15,21H,2-3,8-10H2,1H3,(H,22,24,26)/t15-/m1/s1.